The molecule has 0 spiro atoms. The van der Waals surface area contributed by atoms with Gasteiger partial charge in [-0.1, -0.05) is 6.07 Å². The van der Waals surface area contributed by atoms with E-state index in [0.29, 0.717) is 10.8 Å². The molecule has 1 aromatic rings. The quantitative estimate of drug-likeness (QED) is 0.874. The minimum absolute atomic E-state index is 0.359. The van der Waals surface area contributed by atoms with Gasteiger partial charge in [-0.3, -0.25) is 0 Å². The average molecular weight is 238 g/mol. The fraction of sp³-hybridized carbons (Fsp3) is 0.417. The monoisotopic (exact) mass is 238 g/mol. The molecule has 86 valence electrons. The highest BCUT2D eigenvalue weighted by molar-refractivity contribution is 7.99. The van der Waals surface area contributed by atoms with Gasteiger partial charge in [0.15, 0.2) is 0 Å². The number of rotatable bonds is 4. The summed E-state index contributed by atoms with van der Waals surface area (Å²) in [6.45, 7) is 3.65. The van der Waals surface area contributed by atoms with Crippen molar-refractivity contribution in [2.45, 2.75) is 17.9 Å². The van der Waals surface area contributed by atoms with Crippen molar-refractivity contribution in [3.8, 4) is 0 Å². The zero-order valence-corrected chi connectivity index (χ0v) is 9.92. The van der Waals surface area contributed by atoms with Crippen LogP contribution >= 0.6 is 11.8 Å². The summed E-state index contributed by atoms with van der Waals surface area (Å²) in [7, 11) is 0. The molecule has 4 heteroatoms. The molecule has 1 aromatic carbocycles. The van der Waals surface area contributed by atoms with E-state index in [1.807, 2.05) is 24.8 Å². The molecule has 0 bridgehead atoms. The van der Waals surface area contributed by atoms with Gasteiger partial charge in [0.25, 0.3) is 0 Å². The van der Waals surface area contributed by atoms with Crippen LogP contribution in [-0.4, -0.2) is 29.5 Å². The summed E-state index contributed by atoms with van der Waals surface area (Å²) in [6, 6.07) is 5.31. The van der Waals surface area contributed by atoms with Gasteiger partial charge in [0.2, 0.25) is 0 Å². The van der Waals surface area contributed by atoms with Gasteiger partial charge in [-0.2, -0.15) is 0 Å². The number of aromatic carboxylic acids is 1. The van der Waals surface area contributed by atoms with Crippen LogP contribution in [-0.2, 0) is 10.5 Å². The Kier molecular flexibility index (Phi) is 3.51. The molecule has 0 unspecified atom stereocenters. The summed E-state index contributed by atoms with van der Waals surface area (Å²) in [5, 5.41) is 9.45. The summed E-state index contributed by atoms with van der Waals surface area (Å²) in [5.74, 6) is 0.0643. The molecule has 1 saturated heterocycles. The molecule has 1 fully saturated rings. The van der Waals surface area contributed by atoms with Crippen molar-refractivity contribution >= 4 is 17.7 Å². The normalized spacial score (nSPS) is 15.8. The molecule has 0 radical (unpaired) electrons. The smallest absolute Gasteiger partial charge is 0.335 e. The van der Waals surface area contributed by atoms with Crippen molar-refractivity contribution in [2.24, 2.45) is 0 Å². The molecule has 0 aliphatic carbocycles. The number of aryl methyl sites for hydroxylation is 1. The number of benzene rings is 1. The highest BCUT2D eigenvalue weighted by Crippen LogP contribution is 2.25. The lowest BCUT2D eigenvalue weighted by Crippen LogP contribution is -2.30. The zero-order valence-electron chi connectivity index (χ0n) is 9.10. The topological polar surface area (TPSA) is 46.5 Å². The number of ether oxygens (including phenoxy) is 1. The second-order valence-electron chi connectivity index (χ2n) is 3.92. The fourth-order valence-electron chi connectivity index (χ4n) is 1.51. The van der Waals surface area contributed by atoms with E-state index in [4.69, 9.17) is 9.84 Å². The Morgan fingerprint density at radius 3 is 2.81 bits per heavy atom. The predicted molar refractivity (Wildman–Crippen MR) is 64.0 cm³/mol. The Morgan fingerprint density at radius 1 is 1.56 bits per heavy atom. The SMILES string of the molecule is Cc1cc(C(=O)O)ccc1CSC1COC1. The molecule has 1 aliphatic heterocycles. The molecule has 1 aliphatic rings. The first-order valence-corrected chi connectivity index (χ1v) is 6.24. The molecule has 0 amide bonds. The standard InChI is InChI=1S/C12H14O3S/c1-8-4-9(12(13)14)2-3-10(8)7-16-11-5-15-6-11/h2-4,11H,5-7H2,1H3,(H,13,14). The molecule has 3 nitrogen and oxygen atoms in total. The lowest BCUT2D eigenvalue weighted by molar-refractivity contribution is 0.0455. The van der Waals surface area contributed by atoms with E-state index in [2.05, 4.69) is 0 Å². The Morgan fingerprint density at radius 2 is 2.31 bits per heavy atom. The molecule has 0 saturated carbocycles. The van der Waals surface area contributed by atoms with E-state index in [0.717, 1.165) is 24.5 Å². The van der Waals surface area contributed by atoms with Crippen LogP contribution in [0.3, 0.4) is 0 Å². The third-order valence-electron chi connectivity index (χ3n) is 2.67. The third kappa shape index (κ3) is 2.57. The average Bonchev–Trinajstić information content (AvgIpc) is 2.17. The highest BCUT2D eigenvalue weighted by atomic mass is 32.2. The lowest BCUT2D eigenvalue weighted by Gasteiger charge is -2.25. The molecule has 0 aromatic heterocycles. The third-order valence-corrected chi connectivity index (χ3v) is 3.89. The van der Waals surface area contributed by atoms with Crippen molar-refractivity contribution in [1.82, 2.24) is 0 Å². The van der Waals surface area contributed by atoms with Crippen LogP contribution in [0.2, 0.25) is 0 Å². The second-order valence-corrected chi connectivity index (χ2v) is 5.21. The van der Waals surface area contributed by atoms with Gasteiger partial charge in [-0.05, 0) is 30.2 Å². The van der Waals surface area contributed by atoms with Crippen molar-refractivity contribution in [2.75, 3.05) is 13.2 Å². The Balaban J connectivity index is 2.00. The van der Waals surface area contributed by atoms with Crippen LogP contribution in [0.4, 0.5) is 0 Å². The molecule has 16 heavy (non-hydrogen) atoms. The summed E-state index contributed by atoms with van der Waals surface area (Å²) >= 11 is 1.87. The first-order chi connectivity index (χ1) is 7.66. The predicted octanol–water partition coefficient (Wildman–Crippen LogP) is 2.33. The van der Waals surface area contributed by atoms with Gasteiger partial charge in [-0.25, -0.2) is 4.79 Å². The van der Waals surface area contributed by atoms with Crippen LogP contribution in [0.15, 0.2) is 18.2 Å². The van der Waals surface area contributed by atoms with E-state index < -0.39 is 5.97 Å². The number of carbonyl (C=O) groups is 1. The first-order valence-electron chi connectivity index (χ1n) is 5.19. The van der Waals surface area contributed by atoms with E-state index >= 15 is 0 Å². The van der Waals surface area contributed by atoms with Gasteiger partial charge in [-0.15, -0.1) is 11.8 Å². The van der Waals surface area contributed by atoms with Crippen molar-refractivity contribution in [3.63, 3.8) is 0 Å². The Hall–Kier alpha value is -1.000. The number of hydrogen-bond donors (Lipinski definition) is 1. The van der Waals surface area contributed by atoms with Crippen molar-refractivity contribution in [3.05, 3.63) is 34.9 Å². The summed E-state index contributed by atoms with van der Waals surface area (Å²) in [5.41, 5.74) is 2.62. The highest BCUT2D eigenvalue weighted by Gasteiger charge is 2.18. The maximum atomic E-state index is 10.8. The van der Waals surface area contributed by atoms with Crippen LogP contribution in [0.1, 0.15) is 21.5 Å². The maximum absolute atomic E-state index is 10.8. The van der Waals surface area contributed by atoms with Gasteiger partial charge in [0.05, 0.1) is 24.0 Å². The number of hydrogen-bond acceptors (Lipinski definition) is 3. The van der Waals surface area contributed by atoms with Crippen molar-refractivity contribution < 1.29 is 14.6 Å². The Bertz CT molecular complexity index is 399. The van der Waals surface area contributed by atoms with Gasteiger partial charge >= 0.3 is 5.97 Å². The van der Waals surface area contributed by atoms with Crippen LogP contribution < -0.4 is 0 Å². The molecule has 2 rings (SSSR count). The summed E-state index contributed by atoms with van der Waals surface area (Å²) in [6.07, 6.45) is 0. The summed E-state index contributed by atoms with van der Waals surface area (Å²) in [4.78, 5) is 10.8. The van der Waals surface area contributed by atoms with Crippen LogP contribution in [0, 0.1) is 6.92 Å². The van der Waals surface area contributed by atoms with Crippen LogP contribution in [0.5, 0.6) is 0 Å². The van der Waals surface area contributed by atoms with Crippen LogP contribution in [0.25, 0.3) is 0 Å². The second kappa shape index (κ2) is 4.89. The number of carboxylic acids is 1. The number of carboxylic acid groups (broad SMARTS) is 1. The molecular formula is C12H14O3S. The molecule has 0 atom stereocenters. The zero-order chi connectivity index (χ0) is 11.5. The first kappa shape index (κ1) is 11.5. The van der Waals surface area contributed by atoms with Gasteiger partial charge < -0.3 is 9.84 Å². The largest absolute Gasteiger partial charge is 0.478 e. The fourth-order valence-corrected chi connectivity index (χ4v) is 2.63. The van der Waals surface area contributed by atoms with E-state index in [-0.39, 0.29) is 0 Å². The molecular weight excluding hydrogens is 224 g/mol. The minimum Gasteiger partial charge on any atom is -0.478 e. The van der Waals surface area contributed by atoms with Crippen molar-refractivity contribution in [1.29, 1.82) is 0 Å². The van der Waals surface area contributed by atoms with E-state index in [9.17, 15) is 4.79 Å². The maximum Gasteiger partial charge on any atom is 0.335 e. The van der Waals surface area contributed by atoms with Gasteiger partial charge in [0, 0.05) is 5.75 Å². The van der Waals surface area contributed by atoms with E-state index in [1.54, 1.807) is 12.1 Å². The Labute approximate surface area is 98.8 Å². The summed E-state index contributed by atoms with van der Waals surface area (Å²) < 4.78 is 5.11. The minimum atomic E-state index is -0.866. The van der Waals surface area contributed by atoms with Gasteiger partial charge in [0.1, 0.15) is 0 Å². The molecule has 1 heterocycles. The lowest BCUT2D eigenvalue weighted by atomic mass is 10.1. The molecule has 1 N–H and O–H groups in total. The van der Waals surface area contributed by atoms with E-state index in [1.165, 1.54) is 5.56 Å². The number of thioether (sulfide) groups is 1.